The first-order chi connectivity index (χ1) is 15.1. The largest absolute Gasteiger partial charge is 0.341 e. The summed E-state index contributed by atoms with van der Waals surface area (Å²) in [5, 5.41) is 2.18. The van der Waals surface area contributed by atoms with E-state index < -0.39 is 0 Å². The molecule has 1 aromatic heterocycles. The molecule has 0 radical (unpaired) electrons. The Kier molecular flexibility index (Phi) is 7.08. The lowest BCUT2D eigenvalue weighted by Gasteiger charge is -2.37. The molecular weight excluding hydrogens is 406 g/mol. The molecule has 0 saturated carbocycles. The summed E-state index contributed by atoms with van der Waals surface area (Å²) in [6.07, 6.45) is 3.33. The fourth-order valence-electron chi connectivity index (χ4n) is 4.86. The lowest BCUT2D eigenvalue weighted by molar-refractivity contribution is -0.134. The zero-order chi connectivity index (χ0) is 21.8. The van der Waals surface area contributed by atoms with Crippen LogP contribution < -0.4 is 0 Å². The minimum atomic E-state index is 0.134. The number of fused-ring (bicyclic) bond motifs is 1. The molecule has 1 atom stereocenters. The van der Waals surface area contributed by atoms with Gasteiger partial charge in [0.15, 0.2) is 0 Å². The van der Waals surface area contributed by atoms with Crippen LogP contribution in [0, 0.1) is 6.92 Å². The summed E-state index contributed by atoms with van der Waals surface area (Å²) in [6, 6.07) is 10.9. The highest BCUT2D eigenvalue weighted by atomic mass is 32.1. The fourth-order valence-corrected chi connectivity index (χ4v) is 5.76. The average Bonchev–Trinajstić information content (AvgIpc) is 3.10. The summed E-state index contributed by atoms with van der Waals surface area (Å²) in [7, 11) is 0. The molecule has 0 spiro atoms. The predicted octanol–water partition coefficient (Wildman–Crippen LogP) is 3.87. The van der Waals surface area contributed by atoms with Gasteiger partial charge in [0, 0.05) is 44.0 Å². The number of rotatable bonds is 5. The molecule has 5 nitrogen and oxygen atoms in total. The third-order valence-corrected chi connectivity index (χ3v) is 7.55. The highest BCUT2D eigenvalue weighted by Crippen LogP contribution is 2.38. The predicted molar refractivity (Wildman–Crippen MR) is 125 cm³/mol. The van der Waals surface area contributed by atoms with E-state index >= 15 is 0 Å². The van der Waals surface area contributed by atoms with Crippen molar-refractivity contribution in [2.75, 3.05) is 39.3 Å². The smallest absolute Gasteiger partial charge is 0.236 e. The van der Waals surface area contributed by atoms with Crippen LogP contribution in [0.1, 0.15) is 53.8 Å². The van der Waals surface area contributed by atoms with Crippen LogP contribution in [0.15, 0.2) is 35.7 Å². The number of carbonyl (C=O) groups excluding carboxylic acids is 2. The van der Waals surface area contributed by atoms with E-state index in [1.165, 1.54) is 21.6 Å². The summed E-state index contributed by atoms with van der Waals surface area (Å²) in [5.41, 5.74) is 3.91. The van der Waals surface area contributed by atoms with Gasteiger partial charge in [0.05, 0.1) is 12.6 Å². The van der Waals surface area contributed by atoms with Gasteiger partial charge in [-0.2, -0.15) is 0 Å². The van der Waals surface area contributed by atoms with E-state index in [0.29, 0.717) is 26.1 Å². The van der Waals surface area contributed by atoms with Crippen molar-refractivity contribution in [3.05, 3.63) is 57.3 Å². The Hall–Kier alpha value is -2.18. The minimum Gasteiger partial charge on any atom is -0.341 e. The monoisotopic (exact) mass is 439 g/mol. The van der Waals surface area contributed by atoms with Gasteiger partial charge in [-0.25, -0.2) is 0 Å². The van der Waals surface area contributed by atoms with Crippen molar-refractivity contribution in [1.29, 1.82) is 0 Å². The van der Waals surface area contributed by atoms with Crippen LogP contribution in [0.25, 0.3) is 0 Å². The number of hydrogen-bond acceptors (Lipinski definition) is 4. The maximum Gasteiger partial charge on any atom is 0.236 e. The van der Waals surface area contributed by atoms with E-state index in [-0.39, 0.29) is 17.9 Å². The molecule has 31 heavy (non-hydrogen) atoms. The molecule has 3 heterocycles. The van der Waals surface area contributed by atoms with Crippen LogP contribution in [0.3, 0.4) is 0 Å². The number of benzene rings is 1. The molecule has 1 aromatic carbocycles. The normalized spacial score (nSPS) is 19.7. The van der Waals surface area contributed by atoms with Gasteiger partial charge in [-0.1, -0.05) is 31.2 Å². The molecule has 2 aliphatic heterocycles. The number of amides is 2. The molecule has 4 rings (SSSR count). The number of thiophene rings is 1. The highest BCUT2D eigenvalue weighted by molar-refractivity contribution is 7.10. The van der Waals surface area contributed by atoms with Gasteiger partial charge in [-0.15, -0.1) is 11.3 Å². The Labute approximate surface area is 189 Å². The van der Waals surface area contributed by atoms with Gasteiger partial charge >= 0.3 is 0 Å². The van der Waals surface area contributed by atoms with E-state index in [1.54, 1.807) is 0 Å². The summed E-state index contributed by atoms with van der Waals surface area (Å²) in [6.45, 7) is 8.31. The third kappa shape index (κ3) is 4.85. The summed E-state index contributed by atoms with van der Waals surface area (Å²) < 4.78 is 0. The van der Waals surface area contributed by atoms with Gasteiger partial charge < -0.3 is 9.80 Å². The first-order valence-electron chi connectivity index (χ1n) is 11.5. The van der Waals surface area contributed by atoms with Crippen molar-refractivity contribution >= 4 is 23.2 Å². The zero-order valence-electron chi connectivity index (χ0n) is 18.7. The third-order valence-electron chi connectivity index (χ3n) is 6.55. The molecule has 0 bridgehead atoms. The number of carbonyl (C=O) groups is 2. The molecule has 2 aliphatic rings. The Morgan fingerprint density at radius 3 is 2.45 bits per heavy atom. The zero-order valence-corrected chi connectivity index (χ0v) is 19.5. The summed E-state index contributed by atoms with van der Waals surface area (Å²) in [4.78, 5) is 33.3. The summed E-state index contributed by atoms with van der Waals surface area (Å²) >= 11 is 1.83. The van der Waals surface area contributed by atoms with Gasteiger partial charge in [0.25, 0.3) is 0 Å². The second-order valence-electron chi connectivity index (χ2n) is 8.64. The molecule has 2 amide bonds. The lowest BCUT2D eigenvalue weighted by atomic mass is 9.90. The van der Waals surface area contributed by atoms with Crippen molar-refractivity contribution in [1.82, 2.24) is 14.7 Å². The first kappa shape index (κ1) is 22.0. The van der Waals surface area contributed by atoms with Crippen molar-refractivity contribution < 1.29 is 9.59 Å². The molecule has 0 unspecified atom stereocenters. The van der Waals surface area contributed by atoms with Crippen molar-refractivity contribution in [3.8, 4) is 0 Å². The lowest BCUT2D eigenvalue weighted by Crippen LogP contribution is -2.45. The molecular formula is C25H33N3O2S. The van der Waals surface area contributed by atoms with Crippen LogP contribution in [0.4, 0.5) is 0 Å². The van der Waals surface area contributed by atoms with Crippen molar-refractivity contribution in [3.63, 3.8) is 0 Å². The van der Waals surface area contributed by atoms with Gasteiger partial charge in [-0.05, 0) is 54.3 Å². The number of hydrogen-bond donors (Lipinski definition) is 0. The van der Waals surface area contributed by atoms with Gasteiger partial charge in [0.1, 0.15) is 0 Å². The van der Waals surface area contributed by atoms with Crippen molar-refractivity contribution in [2.24, 2.45) is 0 Å². The van der Waals surface area contributed by atoms with E-state index in [9.17, 15) is 9.59 Å². The molecule has 1 fully saturated rings. The highest BCUT2D eigenvalue weighted by Gasteiger charge is 2.33. The SMILES string of the molecule is CCCC(=O)N1CCCN(C(=O)CN2CCc3sccc3[C@@H]2c2ccccc2C)CC1. The second-order valence-corrected chi connectivity index (χ2v) is 9.64. The van der Waals surface area contributed by atoms with Crippen LogP contribution in [-0.2, 0) is 16.0 Å². The Morgan fingerprint density at radius 2 is 1.71 bits per heavy atom. The fraction of sp³-hybridized carbons (Fsp3) is 0.520. The Morgan fingerprint density at radius 1 is 0.968 bits per heavy atom. The molecule has 0 aliphatic carbocycles. The number of nitrogens with zero attached hydrogens (tertiary/aromatic N) is 3. The van der Waals surface area contributed by atoms with Gasteiger partial charge in [-0.3, -0.25) is 14.5 Å². The van der Waals surface area contributed by atoms with Crippen LogP contribution in [0.5, 0.6) is 0 Å². The molecule has 166 valence electrons. The standard InChI is InChI=1S/C25H33N3O2S/c1-3-7-23(29)26-12-6-13-27(16-15-26)24(30)18-28-14-10-22-21(11-17-31-22)25(28)20-9-5-4-8-19(20)2/h4-5,8-9,11,17,25H,3,6-7,10,12-16,18H2,1-2H3/t25-/m0/s1. The molecule has 0 N–H and O–H groups in total. The quantitative estimate of drug-likeness (QED) is 0.711. The average molecular weight is 440 g/mol. The van der Waals surface area contributed by atoms with Crippen molar-refractivity contribution in [2.45, 2.75) is 45.6 Å². The molecule has 6 heteroatoms. The maximum absolute atomic E-state index is 13.3. The van der Waals surface area contributed by atoms with E-state index in [0.717, 1.165) is 38.9 Å². The number of aryl methyl sites for hydroxylation is 1. The Balaban J connectivity index is 1.48. The topological polar surface area (TPSA) is 43.9 Å². The summed E-state index contributed by atoms with van der Waals surface area (Å²) in [5.74, 6) is 0.402. The molecule has 2 aromatic rings. The van der Waals surface area contributed by atoms with Crippen LogP contribution >= 0.6 is 11.3 Å². The van der Waals surface area contributed by atoms with Gasteiger partial charge in [0.2, 0.25) is 11.8 Å². The van der Waals surface area contributed by atoms with Crippen LogP contribution in [0.2, 0.25) is 0 Å². The first-order valence-corrected chi connectivity index (χ1v) is 12.4. The van der Waals surface area contributed by atoms with Crippen LogP contribution in [-0.4, -0.2) is 65.8 Å². The second kappa shape index (κ2) is 9.96. The minimum absolute atomic E-state index is 0.134. The van der Waals surface area contributed by atoms with E-state index in [4.69, 9.17) is 0 Å². The Bertz CT molecular complexity index is 925. The van der Waals surface area contributed by atoms with E-state index in [2.05, 4.69) is 47.5 Å². The van der Waals surface area contributed by atoms with E-state index in [1.807, 2.05) is 28.1 Å². The maximum atomic E-state index is 13.3. The molecule has 1 saturated heterocycles.